The van der Waals surface area contributed by atoms with Crippen molar-refractivity contribution in [2.45, 2.75) is 215 Å². The van der Waals surface area contributed by atoms with Gasteiger partial charge in [0.2, 0.25) is 0 Å². The van der Waals surface area contributed by atoms with E-state index in [1.165, 1.54) is 276 Å². The fraction of sp³-hybridized carbons (Fsp3) is 0.379. The monoisotopic (exact) mass is 1600 g/mol. The van der Waals surface area contributed by atoms with E-state index in [1.54, 1.807) is 16.7 Å². The first kappa shape index (κ1) is 74.9. The van der Waals surface area contributed by atoms with E-state index in [2.05, 4.69) is 302 Å². The van der Waals surface area contributed by atoms with E-state index >= 15 is 0 Å². The normalized spacial score (nSPS) is 27.2. The lowest BCUT2D eigenvalue weighted by Crippen LogP contribution is -2.16. The Kier molecular flexibility index (Phi) is 19.1. The van der Waals surface area contributed by atoms with Crippen LogP contribution in [0.2, 0.25) is 0 Å². The van der Waals surface area contributed by atoms with Crippen molar-refractivity contribution in [1.29, 1.82) is 0 Å². The minimum atomic E-state index is -0.00983. The van der Waals surface area contributed by atoms with Crippen LogP contribution in [0.5, 0.6) is 0 Å². The van der Waals surface area contributed by atoms with Crippen molar-refractivity contribution in [3.8, 4) is 11.1 Å². The summed E-state index contributed by atoms with van der Waals surface area (Å²) in [7, 11) is 0. The zero-order valence-corrected chi connectivity index (χ0v) is 71.9. The maximum atomic E-state index is 6.54. The van der Waals surface area contributed by atoms with E-state index in [4.69, 9.17) is 4.42 Å². The van der Waals surface area contributed by atoms with Crippen molar-refractivity contribution < 1.29 is 4.42 Å². The molecule has 0 radical (unpaired) electrons. The number of anilines is 9. The van der Waals surface area contributed by atoms with Crippen LogP contribution in [0.25, 0.3) is 53.2 Å². The summed E-state index contributed by atoms with van der Waals surface area (Å²) in [6.45, 7) is 4.77. The number of fused-ring (bicyclic) bond motifs is 19. The molecule has 11 saturated carbocycles. The molecule has 15 atom stereocenters. The zero-order chi connectivity index (χ0) is 80.0. The summed E-state index contributed by atoms with van der Waals surface area (Å²) in [4.78, 5) is 7.47. The molecule has 14 aromatic rings. The molecule has 2 heterocycles. The van der Waals surface area contributed by atoms with E-state index in [-0.39, 0.29) is 5.41 Å². The van der Waals surface area contributed by atoms with Crippen molar-refractivity contribution in [3.05, 3.63) is 317 Å². The van der Waals surface area contributed by atoms with Crippen LogP contribution in [0.15, 0.2) is 277 Å². The summed E-state index contributed by atoms with van der Waals surface area (Å²) in [6, 6.07) is 105. The number of nitrogens with zero attached hydrogens (tertiary/aromatic N) is 3. The third-order valence-electron chi connectivity index (χ3n) is 33.9. The summed E-state index contributed by atoms with van der Waals surface area (Å²) in [5.41, 5.74) is 27.9. The van der Waals surface area contributed by atoms with Crippen molar-refractivity contribution in [1.82, 2.24) is 0 Å². The predicted molar refractivity (Wildman–Crippen MR) is 508 cm³/mol. The maximum Gasteiger partial charge on any atom is 0.159 e. The minimum Gasteiger partial charge on any atom is -0.454 e. The lowest BCUT2D eigenvalue weighted by molar-refractivity contribution is 0.420. The summed E-state index contributed by atoms with van der Waals surface area (Å²) >= 11 is 1.93. The van der Waals surface area contributed by atoms with E-state index < -0.39 is 0 Å². The van der Waals surface area contributed by atoms with Crippen LogP contribution in [0.3, 0.4) is 0 Å². The summed E-state index contributed by atoms with van der Waals surface area (Å²) in [5.74, 6) is 13.9. The number of hydrogen-bond donors (Lipinski definition) is 0. The Hall–Kier alpha value is -9.94. The quantitative estimate of drug-likeness (QED) is 0.102. The highest BCUT2D eigenvalue weighted by Gasteiger charge is 2.46. The molecule has 4 nitrogen and oxygen atoms in total. The van der Waals surface area contributed by atoms with E-state index in [0.29, 0.717) is 0 Å². The van der Waals surface area contributed by atoms with Crippen LogP contribution in [-0.4, -0.2) is 0 Å². The van der Waals surface area contributed by atoms with Crippen LogP contribution in [-0.2, 0) is 5.41 Å². The van der Waals surface area contributed by atoms with Gasteiger partial charge in [-0.05, 0) is 357 Å². The van der Waals surface area contributed by atoms with Crippen LogP contribution in [0.4, 0.5) is 51.2 Å². The van der Waals surface area contributed by atoms with Gasteiger partial charge in [0.15, 0.2) is 5.58 Å². The van der Waals surface area contributed by atoms with Crippen molar-refractivity contribution in [2.24, 2.45) is 59.2 Å². The second kappa shape index (κ2) is 30.8. The molecule has 15 unspecified atom stereocenters. The average molecular weight is 1600 g/mol. The third-order valence-corrected chi connectivity index (χ3v) is 35.1. The minimum absolute atomic E-state index is 0.00983. The highest BCUT2D eigenvalue weighted by atomic mass is 32.1. The molecule has 10 bridgehead atoms. The van der Waals surface area contributed by atoms with Gasteiger partial charge in [-0.3, -0.25) is 0 Å². The molecule has 0 N–H and O–H groups in total. The number of benzene rings is 12. The van der Waals surface area contributed by atoms with Crippen LogP contribution in [0.1, 0.15) is 254 Å². The zero-order valence-electron chi connectivity index (χ0n) is 71.1. The molecule has 121 heavy (non-hydrogen) atoms. The number of para-hydroxylation sites is 2. The lowest BCUT2D eigenvalue weighted by atomic mass is 9.82. The first-order chi connectivity index (χ1) is 59.6. The van der Waals surface area contributed by atoms with Gasteiger partial charge in [-0.2, -0.15) is 0 Å². The second-order valence-electron chi connectivity index (χ2n) is 40.7. The predicted octanol–water partition coefficient (Wildman–Crippen LogP) is 33.6. The van der Waals surface area contributed by atoms with Gasteiger partial charge >= 0.3 is 0 Å². The van der Waals surface area contributed by atoms with Crippen LogP contribution in [0, 0.1) is 59.2 Å². The number of furan rings is 1. The molecule has 5 heteroatoms. The summed E-state index contributed by atoms with van der Waals surface area (Å²) in [5, 5.41) is 5.08. The Bertz CT molecular complexity index is 5740. The van der Waals surface area contributed by atoms with Crippen LogP contribution < -0.4 is 14.7 Å². The Morgan fingerprint density at radius 3 is 1.08 bits per heavy atom. The molecule has 11 fully saturated rings. The van der Waals surface area contributed by atoms with Gasteiger partial charge in [-0.1, -0.05) is 235 Å². The Balaban J connectivity index is 0.000000103. The molecule has 12 aliphatic rings. The van der Waals surface area contributed by atoms with Crippen molar-refractivity contribution in [2.75, 3.05) is 14.7 Å². The van der Waals surface area contributed by atoms with Gasteiger partial charge in [-0.25, -0.2) is 0 Å². The first-order valence-corrected chi connectivity index (χ1v) is 48.5. The average Bonchev–Trinajstić information content (AvgIpc) is 1.55. The van der Waals surface area contributed by atoms with E-state index in [9.17, 15) is 0 Å². The molecular weight excluding hydrogens is 1480 g/mol. The maximum absolute atomic E-state index is 6.54. The Labute approximate surface area is 721 Å². The van der Waals surface area contributed by atoms with Gasteiger partial charge in [0.25, 0.3) is 0 Å². The summed E-state index contributed by atoms with van der Waals surface area (Å²) < 4.78 is 9.28. The third kappa shape index (κ3) is 13.4. The highest BCUT2D eigenvalue weighted by Crippen LogP contribution is 2.61. The molecule has 12 aliphatic carbocycles. The molecule has 2 aromatic heterocycles. The fourth-order valence-electron chi connectivity index (χ4n) is 28.0. The second-order valence-corrected chi connectivity index (χ2v) is 41.7. The lowest BCUT2D eigenvalue weighted by Gasteiger charge is -2.30. The highest BCUT2D eigenvalue weighted by molar-refractivity contribution is 7.26. The molecule has 608 valence electrons. The molecular formula is C116H117N3OS. The standard InChI is InChI=1S/C40H43N.C38H37NO.C38H37NS/c1-40(2)36-12-7-6-11-34(36)39-37(40)13-8-14-38(39)41(32-21-17-29(18-22-32)28-9-4-3-5-10-28)33-23-19-30(20-24-33)35-26-27-15-16-31(35)25-27;2*1-2-7-37-32(4-1)33-5-3-6-36(38(33)40-37)39(30-16-12-26(13-17-30)34-22-24-8-10-28(34)20-24)31-18-14-27(15-19-31)35-23-25-9-11-29(35)21-25/h6-8,11-14,17-24,27-28,31,35H,3-5,9-10,15-16,25-26H2,1-2H3;2*1-7,12-19,24-25,28-29,34-35H,8-11,20-23H2. The van der Waals surface area contributed by atoms with Crippen molar-refractivity contribution in [3.63, 3.8) is 0 Å². The summed E-state index contributed by atoms with van der Waals surface area (Å²) in [6.07, 6.45) is 35.5. The van der Waals surface area contributed by atoms with Crippen LogP contribution >= 0.6 is 11.3 Å². The van der Waals surface area contributed by atoms with Crippen molar-refractivity contribution >= 4 is 105 Å². The Morgan fingerprint density at radius 1 is 0.281 bits per heavy atom. The topological polar surface area (TPSA) is 22.9 Å². The fourth-order valence-corrected chi connectivity index (χ4v) is 29.2. The largest absolute Gasteiger partial charge is 0.454 e. The van der Waals surface area contributed by atoms with Gasteiger partial charge in [0, 0.05) is 71.3 Å². The number of rotatable bonds is 15. The number of hydrogen-bond acceptors (Lipinski definition) is 5. The smallest absolute Gasteiger partial charge is 0.159 e. The van der Waals surface area contributed by atoms with Gasteiger partial charge < -0.3 is 19.1 Å². The molecule has 0 spiro atoms. The molecule has 12 aromatic carbocycles. The Morgan fingerprint density at radius 2 is 0.636 bits per heavy atom. The number of thiophene rings is 1. The van der Waals surface area contributed by atoms with E-state index in [0.717, 1.165) is 112 Å². The van der Waals surface area contributed by atoms with Gasteiger partial charge in [-0.15, -0.1) is 11.3 Å². The molecule has 0 aliphatic heterocycles. The van der Waals surface area contributed by atoms with Gasteiger partial charge in [0.05, 0.1) is 21.8 Å². The van der Waals surface area contributed by atoms with Gasteiger partial charge in [0.1, 0.15) is 5.58 Å². The molecule has 0 saturated heterocycles. The van der Waals surface area contributed by atoms with E-state index in [1.807, 2.05) is 11.3 Å². The first-order valence-electron chi connectivity index (χ1n) is 47.7. The molecule has 26 rings (SSSR count). The molecule has 0 amide bonds. The SMILES string of the molecule is CC1(C)c2ccccc2-c2c(N(c3ccc(C4CCCCC4)cc3)c3ccc(C4CC5CCC4C5)cc3)cccc21.c1ccc2c(c1)oc1c(N(c3ccc(C4CC5CCC4C5)cc3)c3ccc(C4CC5CCC4C5)cc3)cccc12.c1ccc2c(c1)sc1c(N(c3ccc(C4CC5CCC4C5)cc3)c3ccc(C4CC5CCC4C5)cc3)cccc12.